The van der Waals surface area contributed by atoms with Crippen molar-refractivity contribution in [1.82, 2.24) is 9.80 Å². The molecule has 3 N–H and O–H groups in total. The third kappa shape index (κ3) is 2.06. The van der Waals surface area contributed by atoms with E-state index >= 15 is 0 Å². The van der Waals surface area contributed by atoms with Crippen molar-refractivity contribution in [3.05, 3.63) is 22.9 Å². The molecule has 3 aliphatic rings. The first-order valence-corrected chi connectivity index (χ1v) is 7.59. The minimum absolute atomic E-state index is 0.0414. The molecule has 7 nitrogen and oxygen atoms in total. The van der Waals surface area contributed by atoms with E-state index in [1.54, 1.807) is 18.0 Å². The molecular formula is C13H15N3O4S. The minimum atomic E-state index is -1.16. The number of carboxylic acid groups (broad SMARTS) is 1. The Morgan fingerprint density at radius 2 is 2.19 bits per heavy atom. The standard InChI is InChI=1S/C13H15N3O4S/c1-15-3-2-6(10(15)17)4-7-5-21-12-8(14)11(18)16(12)9(7)13(19)20/h4,8,12H,2-3,5,14H2,1H3,(H,19,20)/t8?,12-/m0/s1. The Labute approximate surface area is 125 Å². The van der Waals surface area contributed by atoms with E-state index in [-0.39, 0.29) is 22.9 Å². The zero-order valence-corrected chi connectivity index (χ0v) is 12.2. The molecule has 0 aromatic carbocycles. The second-order valence-electron chi connectivity index (χ2n) is 5.26. The first-order chi connectivity index (χ1) is 9.91. The Bertz CT molecular complexity index is 613. The molecule has 2 atom stereocenters. The number of likely N-dealkylation sites (tertiary alicyclic amines) is 1. The normalized spacial score (nSPS) is 30.9. The molecule has 3 rings (SSSR count). The van der Waals surface area contributed by atoms with Gasteiger partial charge in [-0.1, -0.05) is 0 Å². The van der Waals surface area contributed by atoms with Crippen molar-refractivity contribution in [2.75, 3.05) is 19.3 Å². The van der Waals surface area contributed by atoms with E-state index in [2.05, 4.69) is 0 Å². The summed E-state index contributed by atoms with van der Waals surface area (Å²) in [7, 11) is 1.71. The number of nitrogens with zero attached hydrogens (tertiary/aromatic N) is 2. The molecule has 0 aromatic heterocycles. The number of thioether (sulfide) groups is 1. The van der Waals surface area contributed by atoms with Crippen LogP contribution in [0.25, 0.3) is 0 Å². The number of carboxylic acids is 1. The molecule has 2 saturated heterocycles. The van der Waals surface area contributed by atoms with Crippen molar-refractivity contribution in [2.24, 2.45) is 5.73 Å². The average Bonchev–Trinajstić information content (AvgIpc) is 2.77. The van der Waals surface area contributed by atoms with Crippen LogP contribution in [-0.2, 0) is 14.4 Å². The van der Waals surface area contributed by atoms with Gasteiger partial charge < -0.3 is 15.7 Å². The van der Waals surface area contributed by atoms with Crippen molar-refractivity contribution in [3.63, 3.8) is 0 Å². The monoisotopic (exact) mass is 309 g/mol. The molecule has 0 aliphatic carbocycles. The average molecular weight is 309 g/mol. The summed E-state index contributed by atoms with van der Waals surface area (Å²) in [4.78, 5) is 38.0. The number of fused-ring (bicyclic) bond motifs is 1. The van der Waals surface area contributed by atoms with Crippen LogP contribution >= 0.6 is 11.8 Å². The van der Waals surface area contributed by atoms with Gasteiger partial charge in [-0.05, 0) is 18.1 Å². The Balaban J connectivity index is 1.99. The van der Waals surface area contributed by atoms with Crippen LogP contribution in [0.15, 0.2) is 22.9 Å². The van der Waals surface area contributed by atoms with Gasteiger partial charge in [0.15, 0.2) is 0 Å². The Kier molecular flexibility index (Phi) is 3.29. The highest BCUT2D eigenvalue weighted by Gasteiger charge is 2.51. The maximum absolute atomic E-state index is 11.9. The van der Waals surface area contributed by atoms with Gasteiger partial charge in [-0.3, -0.25) is 14.5 Å². The van der Waals surface area contributed by atoms with Gasteiger partial charge in [0.25, 0.3) is 0 Å². The summed E-state index contributed by atoms with van der Waals surface area (Å²) in [6.45, 7) is 0.629. The Hall–Kier alpha value is -1.80. The minimum Gasteiger partial charge on any atom is -0.477 e. The molecular weight excluding hydrogens is 294 g/mol. The number of hydrogen-bond acceptors (Lipinski definition) is 5. The second kappa shape index (κ2) is 4.88. The molecule has 0 radical (unpaired) electrons. The summed E-state index contributed by atoms with van der Waals surface area (Å²) in [5.74, 6) is -1.20. The maximum atomic E-state index is 11.9. The van der Waals surface area contributed by atoms with Crippen LogP contribution in [0.3, 0.4) is 0 Å². The number of amides is 2. The van der Waals surface area contributed by atoms with Crippen LogP contribution in [-0.4, -0.2) is 63.5 Å². The molecule has 3 aliphatic heterocycles. The third-order valence-corrected chi connectivity index (χ3v) is 5.25. The van der Waals surface area contributed by atoms with Gasteiger partial charge in [0, 0.05) is 24.9 Å². The summed E-state index contributed by atoms with van der Waals surface area (Å²) >= 11 is 1.43. The van der Waals surface area contributed by atoms with Gasteiger partial charge in [0.2, 0.25) is 11.8 Å². The van der Waals surface area contributed by atoms with Gasteiger partial charge in [-0.25, -0.2) is 4.79 Å². The Morgan fingerprint density at radius 1 is 1.48 bits per heavy atom. The van der Waals surface area contributed by atoms with E-state index in [0.29, 0.717) is 29.9 Å². The summed E-state index contributed by atoms with van der Waals surface area (Å²) in [5, 5.41) is 9.09. The van der Waals surface area contributed by atoms with E-state index in [4.69, 9.17) is 5.73 Å². The van der Waals surface area contributed by atoms with Gasteiger partial charge in [0.05, 0.1) is 0 Å². The van der Waals surface area contributed by atoms with Crippen LogP contribution in [0.4, 0.5) is 0 Å². The van der Waals surface area contributed by atoms with Crippen LogP contribution < -0.4 is 5.73 Å². The summed E-state index contributed by atoms with van der Waals surface area (Å²) < 4.78 is 0. The number of allylic oxidation sites excluding steroid dienone is 1. The molecule has 21 heavy (non-hydrogen) atoms. The number of aliphatic carboxylic acids is 1. The van der Waals surface area contributed by atoms with Crippen molar-refractivity contribution in [1.29, 1.82) is 0 Å². The largest absolute Gasteiger partial charge is 0.477 e. The summed E-state index contributed by atoms with van der Waals surface area (Å²) in [6, 6.07) is -0.641. The number of nitrogens with two attached hydrogens (primary N) is 1. The molecule has 2 amide bonds. The predicted molar refractivity (Wildman–Crippen MR) is 76.1 cm³/mol. The number of β-lactam (4-membered cyclic amide) rings is 1. The molecule has 112 valence electrons. The van der Waals surface area contributed by atoms with Gasteiger partial charge >= 0.3 is 5.97 Å². The zero-order valence-electron chi connectivity index (χ0n) is 11.4. The highest BCUT2D eigenvalue weighted by Crippen LogP contribution is 2.40. The molecule has 0 spiro atoms. The van der Waals surface area contributed by atoms with E-state index in [9.17, 15) is 19.5 Å². The molecule has 2 fully saturated rings. The topological polar surface area (TPSA) is 104 Å². The van der Waals surface area contributed by atoms with Crippen molar-refractivity contribution in [2.45, 2.75) is 17.8 Å². The molecule has 0 bridgehead atoms. The third-order valence-electron chi connectivity index (χ3n) is 3.93. The SMILES string of the molecule is CN1CCC(=CC2=C(C(=O)O)N3C(=O)C(N)[C@@H]3SC2)C1=O. The number of likely N-dealkylation sites (N-methyl/N-ethyl adjacent to an activating group) is 1. The molecule has 1 unspecified atom stereocenters. The van der Waals surface area contributed by atoms with Crippen molar-refractivity contribution >= 4 is 29.5 Å². The first-order valence-electron chi connectivity index (χ1n) is 6.54. The van der Waals surface area contributed by atoms with Crippen LogP contribution in [0.1, 0.15) is 6.42 Å². The number of carbonyl (C=O) groups excluding carboxylic acids is 2. The fraction of sp³-hybridized carbons (Fsp3) is 0.462. The lowest BCUT2D eigenvalue weighted by Crippen LogP contribution is -2.68. The number of hydrogen-bond donors (Lipinski definition) is 2. The fourth-order valence-corrected chi connectivity index (χ4v) is 3.99. The lowest BCUT2D eigenvalue weighted by Gasteiger charge is -2.47. The highest BCUT2D eigenvalue weighted by atomic mass is 32.2. The van der Waals surface area contributed by atoms with Crippen LogP contribution in [0, 0.1) is 0 Å². The lowest BCUT2D eigenvalue weighted by atomic mass is 10.0. The fourth-order valence-electron chi connectivity index (χ4n) is 2.74. The quantitative estimate of drug-likeness (QED) is 0.519. The number of rotatable bonds is 2. The molecule has 0 aromatic rings. The Morgan fingerprint density at radius 3 is 2.76 bits per heavy atom. The second-order valence-corrected chi connectivity index (χ2v) is 6.37. The van der Waals surface area contributed by atoms with Crippen LogP contribution in [0.5, 0.6) is 0 Å². The van der Waals surface area contributed by atoms with Gasteiger partial charge in [-0.2, -0.15) is 0 Å². The highest BCUT2D eigenvalue weighted by molar-refractivity contribution is 8.00. The molecule has 0 saturated carbocycles. The summed E-state index contributed by atoms with van der Waals surface area (Å²) in [6.07, 6.45) is 2.21. The van der Waals surface area contributed by atoms with E-state index < -0.39 is 12.0 Å². The van der Waals surface area contributed by atoms with Gasteiger partial charge in [-0.15, -0.1) is 11.8 Å². The molecule has 8 heteroatoms. The lowest BCUT2D eigenvalue weighted by molar-refractivity contribution is -0.147. The molecule has 3 heterocycles. The zero-order chi connectivity index (χ0) is 15.3. The number of carbonyl (C=O) groups is 3. The summed E-state index contributed by atoms with van der Waals surface area (Å²) in [5.41, 5.74) is 6.73. The van der Waals surface area contributed by atoms with E-state index in [1.807, 2.05) is 0 Å². The van der Waals surface area contributed by atoms with Crippen molar-refractivity contribution in [3.8, 4) is 0 Å². The van der Waals surface area contributed by atoms with Gasteiger partial charge in [0.1, 0.15) is 17.1 Å². The van der Waals surface area contributed by atoms with E-state index in [1.165, 1.54) is 16.7 Å². The predicted octanol–water partition coefficient (Wildman–Crippen LogP) is -0.644. The van der Waals surface area contributed by atoms with E-state index in [0.717, 1.165) is 0 Å². The maximum Gasteiger partial charge on any atom is 0.352 e. The van der Waals surface area contributed by atoms with Crippen molar-refractivity contribution < 1.29 is 19.5 Å². The smallest absolute Gasteiger partial charge is 0.352 e. The van der Waals surface area contributed by atoms with Crippen LogP contribution in [0.2, 0.25) is 0 Å². The first kappa shape index (κ1) is 14.2.